The minimum Gasteiger partial charge on any atom is -0.368 e. The number of hydrogen-bond acceptors (Lipinski definition) is 6. The van der Waals surface area contributed by atoms with Crippen LogP contribution in [0, 0.1) is 0 Å². The van der Waals surface area contributed by atoms with Crippen LogP contribution in [0.4, 0.5) is 11.8 Å². The Morgan fingerprint density at radius 1 is 1.08 bits per heavy atom. The molecule has 0 atom stereocenters. The summed E-state index contributed by atoms with van der Waals surface area (Å²) < 4.78 is 2.01. The summed E-state index contributed by atoms with van der Waals surface area (Å²) in [6.45, 7) is 4.56. The number of nitrogens with two attached hydrogens (primary N) is 1. The fraction of sp³-hybridized carbons (Fsp3) is 0.333. The Kier molecular flexibility index (Phi) is 4.05. The van der Waals surface area contributed by atoms with E-state index in [4.69, 9.17) is 15.8 Å². The summed E-state index contributed by atoms with van der Waals surface area (Å²) in [4.78, 5) is 15.6. The van der Waals surface area contributed by atoms with Crippen LogP contribution in [0.25, 0.3) is 11.4 Å². The average Bonchev–Trinajstić information content (AvgIpc) is 2.96. The van der Waals surface area contributed by atoms with Crippen molar-refractivity contribution in [2.24, 2.45) is 0 Å². The van der Waals surface area contributed by atoms with E-state index in [1.165, 1.54) is 0 Å². The average molecular weight is 335 g/mol. The van der Waals surface area contributed by atoms with Gasteiger partial charge in [0.05, 0.1) is 6.54 Å². The standard InChI is InChI=1S/C18H21N7/c1-2-13-12-20-18(19)22-17(13)24-9-8-15-21-16(23-25(15)11-10-24)14-6-4-3-5-7-14/h3-7,12H,2,8-11H2,1H3,(H2,19,20,22). The Balaban J connectivity index is 1.57. The Labute approximate surface area is 146 Å². The molecule has 1 aliphatic rings. The van der Waals surface area contributed by atoms with Crippen LogP contribution in [0.15, 0.2) is 36.5 Å². The first kappa shape index (κ1) is 15.6. The number of benzene rings is 1. The molecule has 0 unspecified atom stereocenters. The third-order valence-electron chi connectivity index (χ3n) is 4.51. The number of nitrogen functional groups attached to an aromatic ring is 1. The van der Waals surface area contributed by atoms with Crippen LogP contribution in [0.2, 0.25) is 0 Å². The third-order valence-corrected chi connectivity index (χ3v) is 4.51. The van der Waals surface area contributed by atoms with Crippen molar-refractivity contribution in [3.63, 3.8) is 0 Å². The van der Waals surface area contributed by atoms with E-state index >= 15 is 0 Å². The largest absolute Gasteiger partial charge is 0.368 e. The Hall–Kier alpha value is -2.96. The summed E-state index contributed by atoms with van der Waals surface area (Å²) in [6, 6.07) is 10.1. The lowest BCUT2D eigenvalue weighted by atomic mass is 10.2. The molecule has 0 bridgehead atoms. The lowest BCUT2D eigenvalue weighted by Crippen LogP contribution is -2.29. The molecule has 0 spiro atoms. The van der Waals surface area contributed by atoms with E-state index in [1.807, 2.05) is 41.2 Å². The van der Waals surface area contributed by atoms with E-state index in [1.54, 1.807) is 0 Å². The second-order valence-corrected chi connectivity index (χ2v) is 6.11. The SMILES string of the molecule is CCc1cnc(N)nc1N1CCc2nc(-c3ccccc3)nn2CC1. The number of fused-ring (bicyclic) bond motifs is 1. The normalized spacial score (nSPS) is 14.2. The molecule has 0 saturated heterocycles. The van der Waals surface area contributed by atoms with Gasteiger partial charge in [-0.25, -0.2) is 14.6 Å². The quantitative estimate of drug-likeness (QED) is 0.787. The molecule has 7 nitrogen and oxygen atoms in total. The van der Waals surface area contributed by atoms with Gasteiger partial charge in [-0.1, -0.05) is 37.3 Å². The number of rotatable bonds is 3. The van der Waals surface area contributed by atoms with Crippen molar-refractivity contribution in [3.05, 3.63) is 47.9 Å². The maximum atomic E-state index is 5.80. The zero-order valence-electron chi connectivity index (χ0n) is 14.3. The van der Waals surface area contributed by atoms with Gasteiger partial charge in [-0.2, -0.15) is 10.1 Å². The Morgan fingerprint density at radius 3 is 2.72 bits per heavy atom. The Morgan fingerprint density at radius 2 is 1.92 bits per heavy atom. The summed E-state index contributed by atoms with van der Waals surface area (Å²) in [5, 5.41) is 4.69. The monoisotopic (exact) mass is 335 g/mol. The number of aryl methyl sites for hydroxylation is 1. The minimum absolute atomic E-state index is 0.318. The summed E-state index contributed by atoms with van der Waals surface area (Å²) >= 11 is 0. The zero-order chi connectivity index (χ0) is 17.2. The van der Waals surface area contributed by atoms with Gasteiger partial charge >= 0.3 is 0 Å². The van der Waals surface area contributed by atoms with E-state index in [0.29, 0.717) is 5.95 Å². The maximum absolute atomic E-state index is 5.80. The van der Waals surface area contributed by atoms with Crippen molar-refractivity contribution in [3.8, 4) is 11.4 Å². The van der Waals surface area contributed by atoms with Gasteiger partial charge in [-0.15, -0.1) is 0 Å². The van der Waals surface area contributed by atoms with Gasteiger partial charge < -0.3 is 10.6 Å². The molecule has 0 aliphatic carbocycles. The van der Waals surface area contributed by atoms with Crippen LogP contribution >= 0.6 is 0 Å². The zero-order valence-corrected chi connectivity index (χ0v) is 14.3. The smallest absolute Gasteiger partial charge is 0.221 e. The van der Waals surface area contributed by atoms with Crippen molar-refractivity contribution in [2.45, 2.75) is 26.3 Å². The molecule has 2 N–H and O–H groups in total. The minimum atomic E-state index is 0.318. The highest BCUT2D eigenvalue weighted by atomic mass is 15.4. The van der Waals surface area contributed by atoms with Crippen molar-refractivity contribution in [1.29, 1.82) is 0 Å². The molecule has 4 rings (SSSR count). The molecule has 3 aromatic rings. The second kappa shape index (κ2) is 6.51. The molecule has 7 heteroatoms. The topological polar surface area (TPSA) is 85.8 Å². The molecule has 3 heterocycles. The van der Waals surface area contributed by atoms with Gasteiger partial charge in [0.1, 0.15) is 11.6 Å². The Bertz CT molecular complexity index is 847. The van der Waals surface area contributed by atoms with Crippen LogP contribution in [-0.4, -0.2) is 37.8 Å². The molecule has 25 heavy (non-hydrogen) atoms. The molecule has 0 radical (unpaired) electrons. The van der Waals surface area contributed by atoms with Crippen molar-refractivity contribution < 1.29 is 0 Å². The number of hydrogen-bond donors (Lipinski definition) is 1. The van der Waals surface area contributed by atoms with Gasteiger partial charge in [0.2, 0.25) is 5.95 Å². The van der Waals surface area contributed by atoms with Gasteiger partial charge in [0.15, 0.2) is 5.82 Å². The molecule has 2 aromatic heterocycles. The first-order valence-corrected chi connectivity index (χ1v) is 8.60. The van der Waals surface area contributed by atoms with E-state index in [2.05, 4.69) is 21.8 Å². The second-order valence-electron chi connectivity index (χ2n) is 6.11. The molecule has 128 valence electrons. The highest BCUT2D eigenvalue weighted by Gasteiger charge is 2.20. The highest BCUT2D eigenvalue weighted by molar-refractivity contribution is 5.54. The molecule has 1 aliphatic heterocycles. The van der Waals surface area contributed by atoms with Crippen molar-refractivity contribution in [2.75, 3.05) is 23.7 Å². The summed E-state index contributed by atoms with van der Waals surface area (Å²) in [5.74, 6) is 3.06. The van der Waals surface area contributed by atoms with Crippen LogP contribution in [0.3, 0.4) is 0 Å². The molecule has 0 amide bonds. The summed E-state index contributed by atoms with van der Waals surface area (Å²) in [6.07, 6.45) is 3.53. The lowest BCUT2D eigenvalue weighted by Gasteiger charge is -2.23. The molecule has 1 aromatic carbocycles. The van der Waals surface area contributed by atoms with Crippen LogP contribution in [0.1, 0.15) is 18.3 Å². The fourth-order valence-corrected chi connectivity index (χ4v) is 3.16. The highest BCUT2D eigenvalue weighted by Crippen LogP contribution is 2.22. The lowest BCUT2D eigenvalue weighted by molar-refractivity contribution is 0.609. The summed E-state index contributed by atoms with van der Waals surface area (Å²) in [7, 11) is 0. The molecule has 0 saturated carbocycles. The van der Waals surface area contributed by atoms with Crippen molar-refractivity contribution >= 4 is 11.8 Å². The van der Waals surface area contributed by atoms with Gasteiger partial charge in [-0.3, -0.25) is 0 Å². The third kappa shape index (κ3) is 3.05. The van der Waals surface area contributed by atoms with Gasteiger partial charge in [-0.05, 0) is 6.42 Å². The fourth-order valence-electron chi connectivity index (χ4n) is 3.16. The first-order valence-electron chi connectivity index (χ1n) is 8.60. The number of aromatic nitrogens is 5. The van der Waals surface area contributed by atoms with Crippen LogP contribution in [0.5, 0.6) is 0 Å². The van der Waals surface area contributed by atoms with Gasteiger partial charge in [0.25, 0.3) is 0 Å². The number of nitrogens with zero attached hydrogens (tertiary/aromatic N) is 6. The van der Waals surface area contributed by atoms with E-state index < -0.39 is 0 Å². The molecule has 0 fully saturated rings. The van der Waals surface area contributed by atoms with Gasteiger partial charge in [0, 0.05) is 36.8 Å². The number of anilines is 2. The summed E-state index contributed by atoms with van der Waals surface area (Å²) in [5.41, 5.74) is 7.97. The molecular weight excluding hydrogens is 314 g/mol. The predicted molar refractivity (Wildman–Crippen MR) is 97.2 cm³/mol. The van der Waals surface area contributed by atoms with Crippen LogP contribution in [-0.2, 0) is 19.4 Å². The maximum Gasteiger partial charge on any atom is 0.221 e. The van der Waals surface area contributed by atoms with Crippen LogP contribution < -0.4 is 10.6 Å². The first-order chi connectivity index (χ1) is 12.2. The van der Waals surface area contributed by atoms with E-state index in [-0.39, 0.29) is 0 Å². The molecular formula is C18H21N7. The van der Waals surface area contributed by atoms with E-state index in [0.717, 1.165) is 61.1 Å². The van der Waals surface area contributed by atoms with Crippen molar-refractivity contribution in [1.82, 2.24) is 24.7 Å². The van der Waals surface area contributed by atoms with E-state index in [9.17, 15) is 0 Å². The predicted octanol–water partition coefficient (Wildman–Crippen LogP) is 1.94.